The molecule has 1 aromatic rings. The SMILES string of the molecule is COc1ccc(Cl)cc1C1(CO)CCC1. The molecule has 1 saturated carbocycles. The summed E-state index contributed by atoms with van der Waals surface area (Å²) in [6.07, 6.45) is 3.19. The van der Waals surface area contributed by atoms with E-state index in [-0.39, 0.29) is 12.0 Å². The van der Waals surface area contributed by atoms with Gasteiger partial charge in [0, 0.05) is 16.0 Å². The number of ether oxygens (including phenoxy) is 1. The van der Waals surface area contributed by atoms with E-state index in [4.69, 9.17) is 16.3 Å². The fourth-order valence-corrected chi connectivity index (χ4v) is 2.38. The number of aliphatic hydroxyl groups is 1. The molecule has 15 heavy (non-hydrogen) atoms. The Bertz CT molecular complexity index is 353. The van der Waals surface area contributed by atoms with Crippen LogP contribution in [0.15, 0.2) is 18.2 Å². The van der Waals surface area contributed by atoms with Gasteiger partial charge >= 0.3 is 0 Å². The first-order valence-electron chi connectivity index (χ1n) is 5.17. The Morgan fingerprint density at radius 1 is 1.47 bits per heavy atom. The zero-order valence-corrected chi connectivity index (χ0v) is 9.55. The largest absolute Gasteiger partial charge is 0.496 e. The van der Waals surface area contributed by atoms with Gasteiger partial charge in [0.15, 0.2) is 0 Å². The summed E-state index contributed by atoms with van der Waals surface area (Å²) in [5.41, 5.74) is 0.933. The molecule has 1 aromatic carbocycles. The highest BCUT2D eigenvalue weighted by molar-refractivity contribution is 6.30. The van der Waals surface area contributed by atoms with Crippen molar-refractivity contribution in [2.24, 2.45) is 0 Å². The summed E-state index contributed by atoms with van der Waals surface area (Å²) in [4.78, 5) is 0. The molecule has 1 aliphatic carbocycles. The van der Waals surface area contributed by atoms with Crippen molar-refractivity contribution in [1.29, 1.82) is 0 Å². The summed E-state index contributed by atoms with van der Waals surface area (Å²) in [6, 6.07) is 5.59. The molecule has 0 amide bonds. The molecule has 0 aromatic heterocycles. The van der Waals surface area contributed by atoms with Crippen molar-refractivity contribution in [2.75, 3.05) is 13.7 Å². The minimum Gasteiger partial charge on any atom is -0.496 e. The second-order valence-corrected chi connectivity index (χ2v) is 4.57. The lowest BCUT2D eigenvalue weighted by Gasteiger charge is -2.41. The number of halogens is 1. The van der Waals surface area contributed by atoms with Crippen LogP contribution >= 0.6 is 11.6 Å². The number of benzene rings is 1. The van der Waals surface area contributed by atoms with Crippen LogP contribution in [0.5, 0.6) is 5.75 Å². The van der Waals surface area contributed by atoms with Crippen LogP contribution in [-0.2, 0) is 5.41 Å². The normalized spacial score (nSPS) is 18.3. The van der Waals surface area contributed by atoms with Gasteiger partial charge in [0.2, 0.25) is 0 Å². The van der Waals surface area contributed by atoms with Crippen molar-refractivity contribution in [3.8, 4) is 5.75 Å². The van der Waals surface area contributed by atoms with E-state index in [1.807, 2.05) is 18.2 Å². The molecule has 0 aliphatic heterocycles. The second-order valence-electron chi connectivity index (χ2n) is 4.14. The molecule has 0 unspecified atom stereocenters. The molecular formula is C12H15ClO2. The number of aliphatic hydroxyl groups excluding tert-OH is 1. The molecule has 1 fully saturated rings. The average molecular weight is 227 g/mol. The topological polar surface area (TPSA) is 29.5 Å². The predicted octanol–water partition coefficient (Wildman–Crippen LogP) is 2.76. The van der Waals surface area contributed by atoms with Crippen molar-refractivity contribution in [1.82, 2.24) is 0 Å². The quantitative estimate of drug-likeness (QED) is 0.859. The Hall–Kier alpha value is -0.730. The van der Waals surface area contributed by atoms with Crippen molar-refractivity contribution in [3.63, 3.8) is 0 Å². The molecule has 82 valence electrons. The van der Waals surface area contributed by atoms with E-state index >= 15 is 0 Å². The first-order valence-corrected chi connectivity index (χ1v) is 5.54. The second kappa shape index (κ2) is 4.03. The number of hydrogen-bond donors (Lipinski definition) is 1. The van der Waals surface area contributed by atoms with Gasteiger partial charge in [-0.1, -0.05) is 18.0 Å². The van der Waals surface area contributed by atoms with Gasteiger partial charge in [0.25, 0.3) is 0 Å². The zero-order chi connectivity index (χ0) is 10.9. The lowest BCUT2D eigenvalue weighted by atomic mass is 9.65. The molecule has 3 heteroatoms. The summed E-state index contributed by atoms with van der Waals surface area (Å²) in [5.74, 6) is 0.827. The fourth-order valence-electron chi connectivity index (χ4n) is 2.21. The highest BCUT2D eigenvalue weighted by Gasteiger charge is 2.40. The van der Waals surface area contributed by atoms with Gasteiger partial charge in [-0.25, -0.2) is 0 Å². The molecule has 2 rings (SSSR count). The Morgan fingerprint density at radius 3 is 2.67 bits per heavy atom. The fraction of sp³-hybridized carbons (Fsp3) is 0.500. The lowest BCUT2D eigenvalue weighted by Crippen LogP contribution is -2.38. The highest BCUT2D eigenvalue weighted by Crippen LogP contribution is 2.47. The molecule has 1 aliphatic rings. The Kier molecular flexibility index (Phi) is 2.89. The van der Waals surface area contributed by atoms with E-state index < -0.39 is 0 Å². The van der Waals surface area contributed by atoms with E-state index in [9.17, 15) is 5.11 Å². The summed E-state index contributed by atoms with van der Waals surface area (Å²) in [7, 11) is 1.65. The minimum absolute atomic E-state index is 0.115. The van der Waals surface area contributed by atoms with Crippen molar-refractivity contribution >= 4 is 11.6 Å². The molecular weight excluding hydrogens is 212 g/mol. The maximum atomic E-state index is 9.50. The van der Waals surface area contributed by atoms with E-state index in [2.05, 4.69) is 0 Å². The van der Waals surface area contributed by atoms with Gasteiger partial charge in [-0.2, -0.15) is 0 Å². The minimum atomic E-state index is -0.115. The molecule has 0 saturated heterocycles. The Morgan fingerprint density at radius 2 is 2.20 bits per heavy atom. The summed E-state index contributed by atoms with van der Waals surface area (Å²) >= 11 is 5.98. The molecule has 0 bridgehead atoms. The van der Waals surface area contributed by atoms with Gasteiger partial charge in [0.1, 0.15) is 5.75 Å². The number of methoxy groups -OCH3 is 1. The van der Waals surface area contributed by atoms with E-state index in [1.165, 1.54) is 0 Å². The molecule has 2 nitrogen and oxygen atoms in total. The van der Waals surface area contributed by atoms with E-state index in [0.717, 1.165) is 30.6 Å². The monoisotopic (exact) mass is 226 g/mol. The first kappa shape index (κ1) is 10.8. The van der Waals surface area contributed by atoms with Crippen LogP contribution < -0.4 is 4.74 Å². The Labute approximate surface area is 94.8 Å². The average Bonchev–Trinajstić information content (AvgIpc) is 2.17. The van der Waals surface area contributed by atoms with Crippen LogP contribution in [0, 0.1) is 0 Å². The third-order valence-electron chi connectivity index (χ3n) is 3.35. The predicted molar refractivity (Wildman–Crippen MR) is 60.6 cm³/mol. The van der Waals surface area contributed by atoms with Crippen molar-refractivity contribution in [2.45, 2.75) is 24.7 Å². The molecule has 0 spiro atoms. The van der Waals surface area contributed by atoms with Crippen LogP contribution in [0.1, 0.15) is 24.8 Å². The van der Waals surface area contributed by atoms with Crippen LogP contribution in [0.3, 0.4) is 0 Å². The summed E-state index contributed by atoms with van der Waals surface area (Å²) in [5, 5.41) is 10.2. The summed E-state index contributed by atoms with van der Waals surface area (Å²) < 4.78 is 5.31. The highest BCUT2D eigenvalue weighted by atomic mass is 35.5. The van der Waals surface area contributed by atoms with E-state index in [0.29, 0.717) is 5.02 Å². The number of rotatable bonds is 3. The molecule has 0 heterocycles. The third-order valence-corrected chi connectivity index (χ3v) is 3.58. The third kappa shape index (κ3) is 1.72. The van der Waals surface area contributed by atoms with Gasteiger partial charge < -0.3 is 9.84 Å². The van der Waals surface area contributed by atoms with Crippen LogP contribution in [0.4, 0.5) is 0 Å². The zero-order valence-electron chi connectivity index (χ0n) is 8.79. The molecule has 0 atom stereocenters. The van der Waals surface area contributed by atoms with Crippen molar-refractivity contribution < 1.29 is 9.84 Å². The van der Waals surface area contributed by atoms with Crippen molar-refractivity contribution in [3.05, 3.63) is 28.8 Å². The molecule has 1 N–H and O–H groups in total. The lowest BCUT2D eigenvalue weighted by molar-refractivity contribution is 0.117. The summed E-state index contributed by atoms with van der Waals surface area (Å²) in [6.45, 7) is 0.170. The van der Waals surface area contributed by atoms with Gasteiger partial charge in [-0.05, 0) is 31.0 Å². The molecule has 0 radical (unpaired) electrons. The van der Waals surface area contributed by atoms with Gasteiger partial charge in [0.05, 0.1) is 13.7 Å². The van der Waals surface area contributed by atoms with Gasteiger partial charge in [-0.3, -0.25) is 0 Å². The first-order chi connectivity index (χ1) is 7.22. The van der Waals surface area contributed by atoms with Crippen LogP contribution in [-0.4, -0.2) is 18.8 Å². The Balaban J connectivity index is 2.44. The number of hydrogen-bond acceptors (Lipinski definition) is 2. The van der Waals surface area contributed by atoms with Crippen LogP contribution in [0.25, 0.3) is 0 Å². The standard InChI is InChI=1S/C12H15ClO2/c1-15-11-4-3-9(13)7-10(11)12(8-14)5-2-6-12/h3-4,7,14H,2,5-6,8H2,1H3. The maximum Gasteiger partial charge on any atom is 0.122 e. The van der Waals surface area contributed by atoms with Crippen LogP contribution in [0.2, 0.25) is 5.02 Å². The maximum absolute atomic E-state index is 9.50. The van der Waals surface area contributed by atoms with Gasteiger partial charge in [-0.15, -0.1) is 0 Å². The smallest absolute Gasteiger partial charge is 0.122 e. The van der Waals surface area contributed by atoms with E-state index in [1.54, 1.807) is 7.11 Å².